The van der Waals surface area contributed by atoms with Crippen LogP contribution in [0.3, 0.4) is 0 Å². The third kappa shape index (κ3) is 2.35. The van der Waals surface area contributed by atoms with E-state index in [0.29, 0.717) is 0 Å². The Balaban J connectivity index is 1.97. The van der Waals surface area contributed by atoms with Crippen molar-refractivity contribution in [3.8, 4) is 0 Å². The molecule has 3 heteroatoms. The molecule has 0 heterocycles. The smallest absolute Gasteiger partial charge is 0.225 e. The van der Waals surface area contributed by atoms with E-state index in [0.717, 1.165) is 0 Å². The second-order valence-electron chi connectivity index (χ2n) is 0.341. The first-order valence-corrected chi connectivity index (χ1v) is 1.89. The fourth-order valence-corrected chi connectivity index (χ4v) is 0. The Morgan fingerprint density at radius 3 is 2.25 bits per heavy atom. The third-order valence-electron chi connectivity index (χ3n) is 0.105. The summed E-state index contributed by atoms with van der Waals surface area (Å²) < 4.78 is 4.18. The molecule has 1 atom stereocenters. The van der Waals surface area contributed by atoms with Crippen LogP contribution in [-0.4, -0.2) is 12.0 Å². The monoisotopic (exact) mass is 81.0 g/mol. The van der Waals surface area contributed by atoms with Crippen molar-refractivity contribution in [3.05, 3.63) is 0 Å². The van der Waals surface area contributed by atoms with Gasteiger partial charge in [0.2, 0.25) is 9.03 Å². The summed E-state index contributed by atoms with van der Waals surface area (Å²) in [6, 6.07) is 0. The Labute approximate surface area is 26.7 Å². The van der Waals surface area contributed by atoms with Crippen molar-refractivity contribution in [2.24, 2.45) is 0 Å². The lowest BCUT2D eigenvalue weighted by Crippen LogP contribution is -1.50. The molecule has 0 aromatic heterocycles. The summed E-state index contributed by atoms with van der Waals surface area (Å²) in [4.78, 5) is 7.74. The minimum Gasteiger partial charge on any atom is -0.225 e. The molecule has 0 fully saturated rings. The molecule has 1 unspecified atom stereocenters. The first-order chi connectivity index (χ1) is 1.91. The standard InChI is InChI=1S/CH6O2P/c1-3-4-2/h2H,4H2,1H3/q+1. The second-order valence-corrected chi connectivity index (χ2v) is 1.02. The van der Waals surface area contributed by atoms with Gasteiger partial charge in [-0.2, -0.15) is 0 Å². The maximum atomic E-state index is 7.74. The van der Waals surface area contributed by atoms with Crippen LogP contribution in [0.5, 0.6) is 0 Å². The Hall–Kier alpha value is 0.350. The van der Waals surface area contributed by atoms with E-state index in [-0.39, 0.29) is 0 Å². The van der Waals surface area contributed by atoms with Gasteiger partial charge in [-0.25, -0.2) is 9.42 Å². The molecule has 4 heavy (non-hydrogen) atoms. The SMILES string of the molecule is CO[PH2+]O. The van der Waals surface area contributed by atoms with Crippen LogP contribution in [0.4, 0.5) is 0 Å². The van der Waals surface area contributed by atoms with Gasteiger partial charge in [-0.3, -0.25) is 0 Å². The molecule has 2 nitrogen and oxygen atoms in total. The van der Waals surface area contributed by atoms with E-state index in [9.17, 15) is 0 Å². The summed E-state index contributed by atoms with van der Waals surface area (Å²) in [7, 11) is 0.750. The van der Waals surface area contributed by atoms with E-state index < -0.39 is 9.03 Å². The predicted molar refractivity (Wildman–Crippen MR) is 18.9 cm³/mol. The molecule has 0 spiro atoms. The zero-order valence-electron chi connectivity index (χ0n) is 2.43. The van der Waals surface area contributed by atoms with Gasteiger partial charge in [-0.1, -0.05) is 0 Å². The highest BCUT2D eigenvalue weighted by Crippen LogP contribution is 1.95. The minimum atomic E-state index is -0.718. The van der Waals surface area contributed by atoms with Crippen LogP contribution in [0.15, 0.2) is 0 Å². The molecular weight excluding hydrogens is 75.0 g/mol. The van der Waals surface area contributed by atoms with Gasteiger partial charge < -0.3 is 0 Å². The molecule has 0 aliphatic heterocycles. The van der Waals surface area contributed by atoms with Crippen molar-refractivity contribution in [2.75, 3.05) is 7.11 Å². The van der Waals surface area contributed by atoms with Crippen LogP contribution < -0.4 is 0 Å². The molecule has 0 saturated heterocycles. The molecule has 0 aliphatic carbocycles. The quantitative estimate of drug-likeness (QED) is 0.445. The summed E-state index contributed by atoms with van der Waals surface area (Å²) in [6.07, 6.45) is 0. The second kappa shape index (κ2) is 3.35. The summed E-state index contributed by atoms with van der Waals surface area (Å²) in [6.45, 7) is 0. The first-order valence-electron chi connectivity index (χ1n) is 0.902. The topological polar surface area (TPSA) is 29.5 Å². The number of hydrogen-bond donors (Lipinski definition) is 1. The minimum absolute atomic E-state index is 0.718. The highest BCUT2D eigenvalue weighted by atomic mass is 31.1. The molecule has 0 aromatic rings. The lowest BCUT2D eigenvalue weighted by Gasteiger charge is -1.64. The van der Waals surface area contributed by atoms with E-state index in [4.69, 9.17) is 4.89 Å². The zero-order chi connectivity index (χ0) is 3.41. The van der Waals surface area contributed by atoms with Crippen molar-refractivity contribution in [2.45, 2.75) is 0 Å². The van der Waals surface area contributed by atoms with Crippen molar-refractivity contribution < 1.29 is 9.42 Å². The van der Waals surface area contributed by atoms with Crippen LogP contribution in [0, 0.1) is 0 Å². The predicted octanol–water partition coefficient (Wildman–Crippen LogP) is -0.134. The maximum Gasteiger partial charge on any atom is 0.246 e. The lowest BCUT2D eigenvalue weighted by atomic mass is 11.8. The van der Waals surface area contributed by atoms with E-state index in [1.165, 1.54) is 7.11 Å². The molecule has 0 rings (SSSR count). The summed E-state index contributed by atoms with van der Waals surface area (Å²) >= 11 is 0. The largest absolute Gasteiger partial charge is 0.246 e. The molecule has 0 aromatic carbocycles. The first kappa shape index (κ1) is 4.35. The fraction of sp³-hybridized carbons (Fsp3) is 1.00. The maximum absolute atomic E-state index is 7.74. The molecule has 0 amide bonds. The fourth-order valence-electron chi connectivity index (χ4n) is 0. The van der Waals surface area contributed by atoms with Crippen molar-refractivity contribution in [1.29, 1.82) is 0 Å². The van der Waals surface area contributed by atoms with E-state index in [1.54, 1.807) is 0 Å². The van der Waals surface area contributed by atoms with Crippen LogP contribution in [0.2, 0.25) is 0 Å². The van der Waals surface area contributed by atoms with E-state index >= 15 is 0 Å². The molecular formula is CH6O2P+. The van der Waals surface area contributed by atoms with Gasteiger partial charge in [-0.15, -0.1) is 0 Å². The molecule has 0 bridgehead atoms. The third-order valence-corrected chi connectivity index (χ3v) is 0.316. The highest BCUT2D eigenvalue weighted by Gasteiger charge is 1.63. The number of hydrogen-bond acceptors (Lipinski definition) is 2. The highest BCUT2D eigenvalue weighted by molar-refractivity contribution is 7.24. The van der Waals surface area contributed by atoms with Crippen LogP contribution in [0.1, 0.15) is 0 Å². The molecule has 0 radical (unpaired) electrons. The van der Waals surface area contributed by atoms with Gasteiger partial charge in [0.15, 0.2) is 0 Å². The average Bonchev–Trinajstić information content (AvgIpc) is 1.37. The molecule has 0 saturated carbocycles. The van der Waals surface area contributed by atoms with Crippen molar-refractivity contribution in [3.63, 3.8) is 0 Å². The van der Waals surface area contributed by atoms with E-state index in [1.807, 2.05) is 0 Å². The average molecular weight is 81.0 g/mol. The number of rotatable bonds is 1. The van der Waals surface area contributed by atoms with Gasteiger partial charge in [0.25, 0.3) is 0 Å². The van der Waals surface area contributed by atoms with Crippen LogP contribution in [-0.2, 0) is 4.52 Å². The normalized spacial score (nSPS) is 10.5. The van der Waals surface area contributed by atoms with Gasteiger partial charge in [0, 0.05) is 0 Å². The van der Waals surface area contributed by atoms with Crippen LogP contribution in [0.25, 0.3) is 0 Å². The summed E-state index contributed by atoms with van der Waals surface area (Å²) in [5.41, 5.74) is 0. The Morgan fingerprint density at radius 2 is 2.25 bits per heavy atom. The van der Waals surface area contributed by atoms with Crippen molar-refractivity contribution >= 4 is 9.03 Å². The van der Waals surface area contributed by atoms with Crippen LogP contribution >= 0.6 is 9.03 Å². The Kier molecular flexibility index (Phi) is 3.64. The van der Waals surface area contributed by atoms with Gasteiger partial charge >= 0.3 is 0 Å². The summed E-state index contributed by atoms with van der Waals surface area (Å²) in [5.74, 6) is 0. The van der Waals surface area contributed by atoms with Gasteiger partial charge in [0.05, 0.1) is 7.11 Å². The molecule has 0 aliphatic rings. The zero-order valence-corrected chi connectivity index (χ0v) is 3.59. The Morgan fingerprint density at radius 1 is 2.00 bits per heavy atom. The van der Waals surface area contributed by atoms with E-state index in [2.05, 4.69) is 4.52 Å². The van der Waals surface area contributed by atoms with Crippen molar-refractivity contribution in [1.82, 2.24) is 0 Å². The lowest BCUT2D eigenvalue weighted by molar-refractivity contribution is 0.413. The Bertz CT molecular complexity index is 8.00. The molecule has 26 valence electrons. The molecule has 1 N–H and O–H groups in total. The summed E-state index contributed by atoms with van der Waals surface area (Å²) in [5, 5.41) is 0. The van der Waals surface area contributed by atoms with Gasteiger partial charge in [-0.05, 0) is 0 Å². The van der Waals surface area contributed by atoms with Gasteiger partial charge in [0.1, 0.15) is 0 Å².